The van der Waals surface area contributed by atoms with E-state index in [1.165, 1.54) is 38.6 Å². The van der Waals surface area contributed by atoms with Crippen LogP contribution < -0.4 is 5.73 Å². The van der Waals surface area contributed by atoms with Crippen LogP contribution in [0.1, 0.15) is 29.5 Å². The minimum atomic E-state index is 0.379. The van der Waals surface area contributed by atoms with Crippen LogP contribution in [-0.2, 0) is 13.0 Å². The molecule has 3 nitrogen and oxygen atoms in total. The Labute approximate surface area is 160 Å². The normalized spacial score (nSPS) is 17.5. The maximum absolute atomic E-state index is 6.05. The van der Waals surface area contributed by atoms with Gasteiger partial charge in [0.25, 0.3) is 0 Å². The number of allylic oxidation sites excluding steroid dienone is 1. The molecule has 136 valence electrons. The summed E-state index contributed by atoms with van der Waals surface area (Å²) in [7, 11) is 0. The first-order chi connectivity index (χ1) is 13.3. The van der Waals surface area contributed by atoms with Crippen LogP contribution in [0.5, 0.6) is 0 Å². The zero-order valence-electron chi connectivity index (χ0n) is 15.6. The van der Waals surface area contributed by atoms with Crippen molar-refractivity contribution in [3.8, 4) is 11.1 Å². The molecule has 27 heavy (non-hydrogen) atoms. The third-order valence-corrected chi connectivity index (χ3v) is 5.96. The van der Waals surface area contributed by atoms with E-state index in [1.54, 1.807) is 0 Å². The average molecular weight is 355 g/mol. The largest absolute Gasteiger partial charge is 0.328 e. The second-order valence-electron chi connectivity index (χ2n) is 7.88. The third kappa shape index (κ3) is 3.29. The second kappa shape index (κ2) is 6.91. The van der Waals surface area contributed by atoms with Crippen molar-refractivity contribution in [1.29, 1.82) is 0 Å². The van der Waals surface area contributed by atoms with Gasteiger partial charge in [-0.3, -0.25) is 9.88 Å². The number of hydrogen-bond acceptors (Lipinski definition) is 3. The molecular formula is C24H25N3. The summed E-state index contributed by atoms with van der Waals surface area (Å²) < 4.78 is 0. The van der Waals surface area contributed by atoms with Crippen molar-refractivity contribution in [3.63, 3.8) is 0 Å². The van der Waals surface area contributed by atoms with Gasteiger partial charge in [-0.15, -0.1) is 0 Å². The highest BCUT2D eigenvalue weighted by Crippen LogP contribution is 2.32. The molecule has 5 rings (SSSR count). The highest BCUT2D eigenvalue weighted by molar-refractivity contribution is 5.96. The van der Waals surface area contributed by atoms with E-state index in [9.17, 15) is 0 Å². The fourth-order valence-electron chi connectivity index (χ4n) is 4.32. The van der Waals surface area contributed by atoms with Crippen LogP contribution in [0, 0.1) is 0 Å². The Hall–Kier alpha value is -2.49. The molecule has 3 heteroatoms. The smallest absolute Gasteiger partial charge is 0.0352 e. The van der Waals surface area contributed by atoms with Gasteiger partial charge in [-0.1, -0.05) is 36.4 Å². The Morgan fingerprint density at radius 2 is 1.93 bits per heavy atom. The van der Waals surface area contributed by atoms with Gasteiger partial charge in [-0.2, -0.15) is 0 Å². The quantitative estimate of drug-likeness (QED) is 0.757. The number of benzene rings is 2. The molecule has 0 atom stereocenters. The molecule has 1 saturated heterocycles. The molecule has 0 radical (unpaired) electrons. The fraction of sp³-hybridized carbons (Fsp3) is 0.292. The summed E-state index contributed by atoms with van der Waals surface area (Å²) in [6.07, 6.45) is 11.7. The van der Waals surface area contributed by atoms with E-state index < -0.39 is 0 Å². The second-order valence-corrected chi connectivity index (χ2v) is 7.88. The number of nitrogens with two attached hydrogens (primary N) is 1. The average Bonchev–Trinajstić information content (AvgIpc) is 3.17. The molecule has 3 aromatic rings. The number of rotatable bonds is 3. The van der Waals surface area contributed by atoms with Crippen molar-refractivity contribution in [2.24, 2.45) is 5.73 Å². The zero-order chi connectivity index (χ0) is 18.2. The van der Waals surface area contributed by atoms with Gasteiger partial charge < -0.3 is 5.73 Å². The van der Waals surface area contributed by atoms with Gasteiger partial charge in [0.15, 0.2) is 0 Å². The molecular weight excluding hydrogens is 330 g/mol. The number of likely N-dealkylation sites (tertiary alicyclic amines) is 1. The zero-order valence-corrected chi connectivity index (χ0v) is 15.6. The Morgan fingerprint density at radius 1 is 1.04 bits per heavy atom. The van der Waals surface area contributed by atoms with Crippen LogP contribution in [0.3, 0.4) is 0 Å². The highest BCUT2D eigenvalue weighted by atomic mass is 15.1. The molecule has 2 heterocycles. The maximum atomic E-state index is 6.05. The molecule has 0 saturated carbocycles. The van der Waals surface area contributed by atoms with Gasteiger partial charge in [0.1, 0.15) is 0 Å². The van der Waals surface area contributed by atoms with Crippen LogP contribution >= 0.6 is 0 Å². The minimum Gasteiger partial charge on any atom is -0.328 e. The number of hydrogen-bond donors (Lipinski definition) is 1. The lowest BCUT2D eigenvalue weighted by Crippen LogP contribution is -2.39. The molecule has 2 N–H and O–H groups in total. The number of nitrogens with zero attached hydrogens (tertiary/aromatic N) is 2. The molecule has 1 aliphatic carbocycles. The van der Waals surface area contributed by atoms with Gasteiger partial charge in [-0.25, -0.2) is 0 Å². The predicted molar refractivity (Wildman–Crippen MR) is 112 cm³/mol. The van der Waals surface area contributed by atoms with E-state index in [1.807, 2.05) is 12.4 Å². The lowest BCUT2D eigenvalue weighted by molar-refractivity contribution is 0.206. The van der Waals surface area contributed by atoms with Crippen molar-refractivity contribution >= 4 is 16.8 Å². The number of pyridine rings is 1. The van der Waals surface area contributed by atoms with E-state index in [0.717, 1.165) is 38.9 Å². The molecule has 0 amide bonds. The first kappa shape index (κ1) is 16.7. The minimum absolute atomic E-state index is 0.379. The number of fused-ring (bicyclic) bond motifs is 2. The van der Waals surface area contributed by atoms with Crippen molar-refractivity contribution in [1.82, 2.24) is 9.88 Å². The molecule has 2 aliphatic rings. The summed E-state index contributed by atoms with van der Waals surface area (Å²) in [6, 6.07) is 14.0. The van der Waals surface area contributed by atoms with Crippen molar-refractivity contribution in [2.75, 3.05) is 13.1 Å². The Morgan fingerprint density at radius 3 is 2.81 bits per heavy atom. The fourth-order valence-corrected chi connectivity index (χ4v) is 4.32. The van der Waals surface area contributed by atoms with Gasteiger partial charge in [0.05, 0.1) is 0 Å². The van der Waals surface area contributed by atoms with Gasteiger partial charge in [0.2, 0.25) is 0 Å². The van der Waals surface area contributed by atoms with Gasteiger partial charge in [0, 0.05) is 35.9 Å². The van der Waals surface area contributed by atoms with Crippen LogP contribution in [0.25, 0.3) is 28.0 Å². The van der Waals surface area contributed by atoms with Gasteiger partial charge >= 0.3 is 0 Å². The number of piperidine rings is 1. The topological polar surface area (TPSA) is 42.1 Å². The van der Waals surface area contributed by atoms with E-state index in [0.29, 0.717) is 6.04 Å². The summed E-state index contributed by atoms with van der Waals surface area (Å²) in [4.78, 5) is 7.01. The van der Waals surface area contributed by atoms with E-state index in [4.69, 9.17) is 5.73 Å². The molecule has 0 bridgehead atoms. The third-order valence-electron chi connectivity index (χ3n) is 5.96. The summed E-state index contributed by atoms with van der Waals surface area (Å²) in [5, 5.41) is 2.49. The number of aromatic nitrogens is 1. The molecule has 1 fully saturated rings. The van der Waals surface area contributed by atoms with Crippen LogP contribution in [0.15, 0.2) is 54.9 Å². The van der Waals surface area contributed by atoms with Crippen LogP contribution in [0.4, 0.5) is 0 Å². The van der Waals surface area contributed by atoms with Crippen molar-refractivity contribution in [3.05, 3.63) is 71.6 Å². The monoisotopic (exact) mass is 355 g/mol. The Kier molecular flexibility index (Phi) is 4.27. The maximum Gasteiger partial charge on any atom is 0.0352 e. The molecule has 1 aliphatic heterocycles. The van der Waals surface area contributed by atoms with Crippen molar-refractivity contribution < 1.29 is 0 Å². The first-order valence-corrected chi connectivity index (χ1v) is 9.91. The first-order valence-electron chi connectivity index (χ1n) is 9.91. The summed E-state index contributed by atoms with van der Waals surface area (Å²) in [5.41, 5.74) is 12.6. The Bertz CT molecular complexity index is 1010. The summed E-state index contributed by atoms with van der Waals surface area (Å²) >= 11 is 0. The highest BCUT2D eigenvalue weighted by Gasteiger charge is 2.16. The summed E-state index contributed by atoms with van der Waals surface area (Å²) in [5.74, 6) is 0. The molecule has 0 unspecified atom stereocenters. The molecule has 0 spiro atoms. The van der Waals surface area contributed by atoms with Crippen LogP contribution in [-0.4, -0.2) is 29.0 Å². The van der Waals surface area contributed by atoms with Crippen molar-refractivity contribution in [2.45, 2.75) is 31.8 Å². The lowest BCUT2D eigenvalue weighted by atomic mass is 9.96. The SMILES string of the molecule is NC1CCN(Cc2ccc3cncc(-c4ccc5c(c4)C=CC5)c3c2)CC1. The predicted octanol–water partition coefficient (Wildman–Crippen LogP) is 4.39. The Balaban J connectivity index is 1.50. The molecule has 1 aromatic heterocycles. The van der Waals surface area contributed by atoms with E-state index in [-0.39, 0.29) is 0 Å². The molecule has 2 aromatic carbocycles. The van der Waals surface area contributed by atoms with Crippen LogP contribution in [0.2, 0.25) is 0 Å². The van der Waals surface area contributed by atoms with E-state index >= 15 is 0 Å². The summed E-state index contributed by atoms with van der Waals surface area (Å²) in [6.45, 7) is 3.19. The van der Waals surface area contributed by atoms with Gasteiger partial charge in [-0.05, 0) is 72.1 Å². The lowest BCUT2D eigenvalue weighted by Gasteiger charge is -2.30. The van der Waals surface area contributed by atoms with E-state index in [2.05, 4.69) is 58.4 Å². The standard InChI is InChI=1S/C24H25N3/c25-22-8-10-27(11-9-22)16-17-4-5-21-14-26-15-24(23(21)12-17)20-7-6-18-2-1-3-19(18)13-20/h1,3-7,12-15,22H,2,8-11,16,25H2.